The van der Waals surface area contributed by atoms with Gasteiger partial charge in [-0.25, -0.2) is 0 Å². The van der Waals surface area contributed by atoms with E-state index in [1.807, 2.05) is 41.8 Å². The third-order valence-electron chi connectivity index (χ3n) is 4.03. The minimum absolute atomic E-state index is 0.0659. The maximum atomic E-state index is 12.2. The monoisotopic (exact) mass is 382 g/mol. The lowest BCUT2D eigenvalue weighted by atomic mass is 10.2. The Bertz CT molecular complexity index is 959. The molecule has 0 unspecified atom stereocenters. The standard InChI is InChI=1S/C19H18N4O3S/c1-13-21-22-19(23(13)15-5-3-2-4-6-15)27-10-9-18(24)20-14-7-8-16-17(11-14)26-12-25-16/h2-8,11H,9-10,12H2,1H3,(H,20,24). The summed E-state index contributed by atoms with van der Waals surface area (Å²) in [5.41, 5.74) is 1.70. The Morgan fingerprint density at radius 1 is 1.15 bits per heavy atom. The highest BCUT2D eigenvalue weighted by atomic mass is 32.2. The number of nitrogens with zero attached hydrogens (tertiary/aromatic N) is 3. The van der Waals surface area contributed by atoms with E-state index in [9.17, 15) is 4.79 Å². The van der Waals surface area contributed by atoms with Crippen molar-refractivity contribution in [3.8, 4) is 17.2 Å². The van der Waals surface area contributed by atoms with Gasteiger partial charge in [0.1, 0.15) is 5.82 Å². The van der Waals surface area contributed by atoms with Crippen LogP contribution in [0, 0.1) is 6.92 Å². The molecule has 2 aromatic carbocycles. The molecule has 1 N–H and O–H groups in total. The van der Waals surface area contributed by atoms with Gasteiger partial charge in [0.05, 0.1) is 0 Å². The molecule has 27 heavy (non-hydrogen) atoms. The highest BCUT2D eigenvalue weighted by molar-refractivity contribution is 7.99. The molecule has 0 fully saturated rings. The van der Waals surface area contributed by atoms with Crippen LogP contribution in [0.2, 0.25) is 0 Å². The molecule has 0 spiro atoms. The van der Waals surface area contributed by atoms with Crippen molar-refractivity contribution in [3.63, 3.8) is 0 Å². The molecule has 4 rings (SSSR count). The van der Waals surface area contributed by atoms with Crippen LogP contribution in [0.5, 0.6) is 11.5 Å². The fourth-order valence-electron chi connectivity index (χ4n) is 2.74. The van der Waals surface area contributed by atoms with E-state index in [1.54, 1.807) is 18.2 Å². The zero-order valence-electron chi connectivity index (χ0n) is 14.7. The van der Waals surface area contributed by atoms with Crippen LogP contribution in [0.1, 0.15) is 12.2 Å². The number of nitrogens with one attached hydrogen (secondary N) is 1. The number of amides is 1. The zero-order valence-corrected chi connectivity index (χ0v) is 15.5. The van der Waals surface area contributed by atoms with Gasteiger partial charge >= 0.3 is 0 Å². The van der Waals surface area contributed by atoms with Crippen LogP contribution in [0.3, 0.4) is 0 Å². The van der Waals surface area contributed by atoms with Gasteiger partial charge in [0.15, 0.2) is 16.7 Å². The van der Waals surface area contributed by atoms with Gasteiger partial charge in [-0.2, -0.15) is 0 Å². The number of hydrogen-bond acceptors (Lipinski definition) is 6. The van der Waals surface area contributed by atoms with Crippen LogP contribution in [-0.4, -0.2) is 33.2 Å². The zero-order chi connectivity index (χ0) is 18.6. The lowest BCUT2D eigenvalue weighted by Crippen LogP contribution is -2.12. The number of fused-ring (bicyclic) bond motifs is 1. The first-order valence-corrected chi connectivity index (χ1v) is 9.49. The highest BCUT2D eigenvalue weighted by Crippen LogP contribution is 2.34. The van der Waals surface area contributed by atoms with Crippen molar-refractivity contribution >= 4 is 23.4 Å². The maximum Gasteiger partial charge on any atom is 0.231 e. The number of hydrogen-bond donors (Lipinski definition) is 1. The molecule has 2 heterocycles. The quantitative estimate of drug-likeness (QED) is 0.658. The fourth-order valence-corrected chi connectivity index (χ4v) is 3.68. The molecule has 138 valence electrons. The Balaban J connectivity index is 1.34. The third kappa shape index (κ3) is 3.90. The van der Waals surface area contributed by atoms with Crippen LogP contribution < -0.4 is 14.8 Å². The Morgan fingerprint density at radius 3 is 2.81 bits per heavy atom. The number of benzene rings is 2. The number of carbonyl (C=O) groups is 1. The van der Waals surface area contributed by atoms with Crippen molar-refractivity contribution in [2.75, 3.05) is 17.9 Å². The smallest absolute Gasteiger partial charge is 0.231 e. The first-order valence-electron chi connectivity index (χ1n) is 8.50. The summed E-state index contributed by atoms with van der Waals surface area (Å²) in [5.74, 6) is 2.69. The molecule has 0 atom stereocenters. The van der Waals surface area contributed by atoms with E-state index in [-0.39, 0.29) is 12.7 Å². The van der Waals surface area contributed by atoms with Crippen LogP contribution in [0.25, 0.3) is 5.69 Å². The molecule has 0 saturated carbocycles. The van der Waals surface area contributed by atoms with Crippen molar-refractivity contribution in [2.45, 2.75) is 18.5 Å². The Labute approximate surface area is 160 Å². The second-order valence-electron chi connectivity index (χ2n) is 5.92. The van der Waals surface area contributed by atoms with Crippen LogP contribution in [-0.2, 0) is 4.79 Å². The van der Waals surface area contributed by atoms with E-state index >= 15 is 0 Å². The van der Waals surface area contributed by atoms with Crippen molar-refractivity contribution in [1.82, 2.24) is 14.8 Å². The molecular weight excluding hydrogens is 364 g/mol. The van der Waals surface area contributed by atoms with Crippen molar-refractivity contribution in [2.24, 2.45) is 0 Å². The average Bonchev–Trinajstić information content (AvgIpc) is 3.28. The van der Waals surface area contributed by atoms with Gasteiger partial charge in [0, 0.05) is 29.6 Å². The summed E-state index contributed by atoms with van der Waals surface area (Å²) in [6, 6.07) is 15.3. The van der Waals surface area contributed by atoms with Gasteiger partial charge in [-0.1, -0.05) is 30.0 Å². The number of aromatic nitrogens is 3. The summed E-state index contributed by atoms with van der Waals surface area (Å²) >= 11 is 1.51. The molecule has 1 aliphatic rings. The summed E-state index contributed by atoms with van der Waals surface area (Å²) in [5, 5.41) is 12.0. The number of aryl methyl sites for hydroxylation is 1. The first kappa shape index (κ1) is 17.4. The summed E-state index contributed by atoms with van der Waals surface area (Å²) in [6.07, 6.45) is 0.361. The summed E-state index contributed by atoms with van der Waals surface area (Å²) < 4.78 is 12.6. The van der Waals surface area contributed by atoms with Crippen LogP contribution in [0.15, 0.2) is 53.7 Å². The average molecular weight is 382 g/mol. The molecule has 7 nitrogen and oxygen atoms in total. The predicted octanol–water partition coefficient (Wildman–Crippen LogP) is 3.43. The van der Waals surface area contributed by atoms with E-state index in [0.29, 0.717) is 29.4 Å². The summed E-state index contributed by atoms with van der Waals surface area (Å²) in [7, 11) is 0. The van der Waals surface area contributed by atoms with Gasteiger partial charge in [0.25, 0.3) is 0 Å². The number of thioether (sulfide) groups is 1. The molecule has 1 amide bonds. The van der Waals surface area contributed by atoms with Crippen molar-refractivity contribution in [1.29, 1.82) is 0 Å². The van der Waals surface area contributed by atoms with Crippen molar-refractivity contribution < 1.29 is 14.3 Å². The van der Waals surface area contributed by atoms with Crippen molar-refractivity contribution in [3.05, 3.63) is 54.4 Å². The molecule has 1 aromatic heterocycles. The van der Waals surface area contributed by atoms with E-state index in [4.69, 9.17) is 9.47 Å². The second-order valence-corrected chi connectivity index (χ2v) is 6.98. The largest absolute Gasteiger partial charge is 0.454 e. The molecular formula is C19H18N4O3S. The van der Waals surface area contributed by atoms with E-state index < -0.39 is 0 Å². The Hall–Kier alpha value is -3.00. The normalized spacial score (nSPS) is 12.2. The summed E-state index contributed by atoms with van der Waals surface area (Å²) in [6.45, 7) is 2.13. The molecule has 3 aromatic rings. The molecule has 1 aliphatic heterocycles. The minimum Gasteiger partial charge on any atom is -0.454 e. The van der Waals surface area contributed by atoms with E-state index in [1.165, 1.54) is 11.8 Å². The van der Waals surface area contributed by atoms with Gasteiger partial charge in [-0.05, 0) is 31.2 Å². The SMILES string of the molecule is Cc1nnc(SCCC(=O)Nc2ccc3c(c2)OCO3)n1-c1ccccc1. The minimum atomic E-state index is -0.0659. The van der Waals surface area contributed by atoms with Gasteiger partial charge in [-0.15, -0.1) is 10.2 Å². The number of carbonyl (C=O) groups excluding carboxylic acids is 1. The Kier molecular flexibility index (Phi) is 4.97. The number of anilines is 1. The van der Waals surface area contributed by atoms with E-state index in [2.05, 4.69) is 15.5 Å². The maximum absolute atomic E-state index is 12.2. The summed E-state index contributed by atoms with van der Waals surface area (Å²) in [4.78, 5) is 12.2. The molecule has 0 bridgehead atoms. The van der Waals surface area contributed by atoms with E-state index in [0.717, 1.165) is 16.7 Å². The number of para-hydroxylation sites is 1. The van der Waals surface area contributed by atoms with Gasteiger partial charge in [-0.3, -0.25) is 9.36 Å². The van der Waals surface area contributed by atoms with Gasteiger partial charge < -0.3 is 14.8 Å². The lowest BCUT2D eigenvalue weighted by molar-refractivity contribution is -0.115. The fraction of sp³-hybridized carbons (Fsp3) is 0.211. The highest BCUT2D eigenvalue weighted by Gasteiger charge is 2.15. The third-order valence-corrected chi connectivity index (χ3v) is 4.96. The molecule has 0 saturated heterocycles. The molecule has 0 aliphatic carbocycles. The van der Waals surface area contributed by atoms with Gasteiger partial charge in [0.2, 0.25) is 12.7 Å². The molecule has 8 heteroatoms. The number of rotatable bonds is 6. The predicted molar refractivity (Wildman–Crippen MR) is 103 cm³/mol. The first-order chi connectivity index (χ1) is 13.2. The second kappa shape index (κ2) is 7.71. The number of ether oxygens (including phenoxy) is 2. The Morgan fingerprint density at radius 2 is 1.96 bits per heavy atom. The lowest BCUT2D eigenvalue weighted by Gasteiger charge is -2.08. The van der Waals surface area contributed by atoms with Crippen LogP contribution >= 0.6 is 11.8 Å². The topological polar surface area (TPSA) is 78.3 Å². The molecule has 0 radical (unpaired) electrons. The van der Waals surface area contributed by atoms with Crippen LogP contribution in [0.4, 0.5) is 5.69 Å².